The average molecular weight is 372 g/mol. The molecule has 0 radical (unpaired) electrons. The second kappa shape index (κ2) is 7.56. The van der Waals surface area contributed by atoms with Gasteiger partial charge in [-0.05, 0) is 29.8 Å². The fraction of sp³-hybridized carbons (Fsp3) is 0.130. The van der Waals surface area contributed by atoms with Crippen LogP contribution in [0.25, 0.3) is 0 Å². The zero-order valence-corrected chi connectivity index (χ0v) is 15.4. The van der Waals surface area contributed by atoms with E-state index in [1.54, 1.807) is 19.2 Å². The van der Waals surface area contributed by atoms with E-state index in [1.807, 2.05) is 60.7 Å². The summed E-state index contributed by atoms with van der Waals surface area (Å²) in [6.45, 7) is 0.339. The largest absolute Gasteiger partial charge is 0.457 e. The summed E-state index contributed by atoms with van der Waals surface area (Å²) in [6.07, 6.45) is 0. The molecule has 1 aliphatic heterocycles. The minimum Gasteiger partial charge on any atom is -0.457 e. The number of para-hydroxylation sites is 2. The molecule has 4 rings (SSSR count). The molecule has 0 aromatic heterocycles. The Morgan fingerprint density at radius 1 is 0.893 bits per heavy atom. The Labute approximate surface area is 163 Å². The SMILES string of the molecule is CNC(=O)c1cccc(CNC(=O)C2c3ccccc3Oc3ccccc32)c1. The lowest BCUT2D eigenvalue weighted by molar-refractivity contribution is -0.122. The third-order valence-electron chi connectivity index (χ3n) is 4.83. The lowest BCUT2D eigenvalue weighted by Gasteiger charge is -2.27. The van der Waals surface area contributed by atoms with E-state index in [1.165, 1.54) is 0 Å². The third kappa shape index (κ3) is 3.34. The van der Waals surface area contributed by atoms with Crippen LogP contribution in [-0.4, -0.2) is 18.9 Å². The fourth-order valence-corrected chi connectivity index (χ4v) is 3.45. The number of benzene rings is 3. The fourth-order valence-electron chi connectivity index (χ4n) is 3.45. The summed E-state index contributed by atoms with van der Waals surface area (Å²) in [6, 6.07) is 22.4. The van der Waals surface area contributed by atoms with Gasteiger partial charge in [-0.2, -0.15) is 0 Å². The highest BCUT2D eigenvalue weighted by molar-refractivity contribution is 5.94. The van der Waals surface area contributed by atoms with Crippen LogP contribution in [0.4, 0.5) is 0 Å². The molecule has 140 valence electrons. The first-order chi connectivity index (χ1) is 13.7. The van der Waals surface area contributed by atoms with Gasteiger partial charge in [0.2, 0.25) is 5.91 Å². The normalized spacial score (nSPS) is 12.3. The van der Waals surface area contributed by atoms with Crippen molar-refractivity contribution in [3.8, 4) is 11.5 Å². The molecule has 0 bridgehead atoms. The van der Waals surface area contributed by atoms with Gasteiger partial charge in [0, 0.05) is 30.3 Å². The maximum atomic E-state index is 13.1. The number of amides is 2. The summed E-state index contributed by atoms with van der Waals surface area (Å²) < 4.78 is 5.95. The highest BCUT2D eigenvalue weighted by atomic mass is 16.5. The highest BCUT2D eigenvalue weighted by Crippen LogP contribution is 2.43. The monoisotopic (exact) mass is 372 g/mol. The Bertz CT molecular complexity index is 1000. The maximum Gasteiger partial charge on any atom is 0.251 e. The van der Waals surface area contributed by atoms with Gasteiger partial charge in [0.25, 0.3) is 5.91 Å². The first-order valence-corrected chi connectivity index (χ1v) is 9.12. The van der Waals surface area contributed by atoms with E-state index in [4.69, 9.17) is 4.74 Å². The van der Waals surface area contributed by atoms with Crippen LogP contribution < -0.4 is 15.4 Å². The van der Waals surface area contributed by atoms with Gasteiger partial charge in [0.1, 0.15) is 11.5 Å². The molecule has 1 heterocycles. The van der Waals surface area contributed by atoms with Crippen LogP contribution in [0.2, 0.25) is 0 Å². The third-order valence-corrected chi connectivity index (χ3v) is 4.83. The van der Waals surface area contributed by atoms with Crippen LogP contribution in [0, 0.1) is 0 Å². The van der Waals surface area contributed by atoms with E-state index in [9.17, 15) is 9.59 Å². The first kappa shape index (κ1) is 17.8. The molecule has 2 amide bonds. The molecular formula is C23H20N2O3. The predicted octanol–water partition coefficient (Wildman–Crippen LogP) is 3.60. The average Bonchev–Trinajstić information content (AvgIpc) is 2.75. The van der Waals surface area contributed by atoms with Crippen molar-refractivity contribution in [3.63, 3.8) is 0 Å². The number of hydrogen-bond acceptors (Lipinski definition) is 3. The van der Waals surface area contributed by atoms with E-state index in [-0.39, 0.29) is 11.8 Å². The molecule has 0 aliphatic carbocycles. The van der Waals surface area contributed by atoms with Crippen LogP contribution in [0.5, 0.6) is 11.5 Å². The van der Waals surface area contributed by atoms with Crippen LogP contribution >= 0.6 is 0 Å². The van der Waals surface area contributed by atoms with E-state index in [0.29, 0.717) is 23.6 Å². The molecule has 3 aromatic carbocycles. The molecule has 5 nitrogen and oxygen atoms in total. The molecule has 5 heteroatoms. The van der Waals surface area contributed by atoms with Crippen LogP contribution in [0.15, 0.2) is 72.8 Å². The molecule has 2 N–H and O–H groups in total. The van der Waals surface area contributed by atoms with Crippen LogP contribution in [0.3, 0.4) is 0 Å². The zero-order valence-electron chi connectivity index (χ0n) is 15.4. The van der Waals surface area contributed by atoms with E-state index >= 15 is 0 Å². The van der Waals surface area contributed by atoms with Crippen molar-refractivity contribution in [3.05, 3.63) is 95.1 Å². The van der Waals surface area contributed by atoms with Gasteiger partial charge in [-0.15, -0.1) is 0 Å². The van der Waals surface area contributed by atoms with Crippen LogP contribution in [-0.2, 0) is 11.3 Å². The van der Waals surface area contributed by atoms with Gasteiger partial charge in [-0.25, -0.2) is 0 Å². The summed E-state index contributed by atoms with van der Waals surface area (Å²) >= 11 is 0. The lowest BCUT2D eigenvalue weighted by Crippen LogP contribution is -2.31. The second-order valence-electron chi connectivity index (χ2n) is 6.61. The van der Waals surface area contributed by atoms with Crippen molar-refractivity contribution in [2.24, 2.45) is 0 Å². The topological polar surface area (TPSA) is 67.4 Å². The van der Waals surface area contributed by atoms with Gasteiger partial charge >= 0.3 is 0 Å². The highest BCUT2D eigenvalue weighted by Gasteiger charge is 2.32. The number of carbonyl (C=O) groups is 2. The van der Waals surface area contributed by atoms with Crippen molar-refractivity contribution in [2.45, 2.75) is 12.5 Å². The summed E-state index contributed by atoms with van der Waals surface area (Å²) in [5, 5.41) is 5.62. The van der Waals surface area contributed by atoms with Gasteiger partial charge in [0.05, 0.1) is 5.92 Å². The molecule has 0 saturated heterocycles. The molecule has 3 aromatic rings. The number of ether oxygens (including phenoxy) is 1. The molecule has 1 aliphatic rings. The number of hydrogen-bond donors (Lipinski definition) is 2. The molecule has 0 saturated carbocycles. The Morgan fingerprint density at radius 2 is 1.54 bits per heavy atom. The number of nitrogens with one attached hydrogen (secondary N) is 2. The summed E-state index contributed by atoms with van der Waals surface area (Å²) in [7, 11) is 1.59. The van der Waals surface area contributed by atoms with E-state index < -0.39 is 5.92 Å². The second-order valence-corrected chi connectivity index (χ2v) is 6.61. The Hall–Kier alpha value is -3.60. The predicted molar refractivity (Wildman–Crippen MR) is 106 cm³/mol. The van der Waals surface area contributed by atoms with Gasteiger partial charge < -0.3 is 15.4 Å². The van der Waals surface area contributed by atoms with Crippen molar-refractivity contribution in [2.75, 3.05) is 7.05 Å². The van der Waals surface area contributed by atoms with Crippen molar-refractivity contribution in [1.29, 1.82) is 0 Å². The zero-order chi connectivity index (χ0) is 19.5. The summed E-state index contributed by atoms with van der Waals surface area (Å²) in [4.78, 5) is 24.9. The number of carbonyl (C=O) groups excluding carboxylic acids is 2. The Kier molecular flexibility index (Phi) is 4.81. The van der Waals surface area contributed by atoms with Gasteiger partial charge in [0.15, 0.2) is 0 Å². The molecular weight excluding hydrogens is 352 g/mol. The lowest BCUT2D eigenvalue weighted by atomic mass is 9.87. The summed E-state index contributed by atoms with van der Waals surface area (Å²) in [5.74, 6) is 0.697. The van der Waals surface area contributed by atoms with Gasteiger partial charge in [-0.3, -0.25) is 9.59 Å². The minimum atomic E-state index is -0.441. The standard InChI is InChI=1S/C23H20N2O3/c1-24-22(26)16-8-6-7-15(13-16)14-25-23(27)21-17-9-2-4-11-19(17)28-20-12-5-3-10-18(20)21/h2-13,21H,14H2,1H3,(H,24,26)(H,25,27). The van der Waals surface area contributed by atoms with E-state index in [0.717, 1.165) is 16.7 Å². The molecule has 28 heavy (non-hydrogen) atoms. The Morgan fingerprint density at radius 3 is 2.18 bits per heavy atom. The Balaban J connectivity index is 1.58. The molecule has 0 fully saturated rings. The molecule has 0 atom stereocenters. The van der Waals surface area contributed by atoms with Crippen LogP contribution in [0.1, 0.15) is 33.0 Å². The van der Waals surface area contributed by atoms with Gasteiger partial charge in [-0.1, -0.05) is 48.5 Å². The van der Waals surface area contributed by atoms with E-state index in [2.05, 4.69) is 10.6 Å². The number of rotatable bonds is 4. The minimum absolute atomic E-state index is 0.103. The molecule has 0 unspecified atom stereocenters. The first-order valence-electron chi connectivity index (χ1n) is 9.12. The molecule has 0 spiro atoms. The van der Waals surface area contributed by atoms with Crippen molar-refractivity contribution in [1.82, 2.24) is 10.6 Å². The smallest absolute Gasteiger partial charge is 0.251 e. The number of fused-ring (bicyclic) bond motifs is 2. The maximum absolute atomic E-state index is 13.1. The van der Waals surface area contributed by atoms with Crippen molar-refractivity contribution < 1.29 is 14.3 Å². The summed E-state index contributed by atoms with van der Waals surface area (Å²) in [5.41, 5.74) is 3.12. The van der Waals surface area contributed by atoms with Crippen molar-refractivity contribution >= 4 is 11.8 Å². The quantitative estimate of drug-likeness (QED) is 0.735.